The van der Waals surface area contributed by atoms with Gasteiger partial charge in [0.25, 0.3) is 0 Å². The van der Waals surface area contributed by atoms with E-state index in [-0.39, 0.29) is 0 Å². The largest absolute Gasteiger partial charge is 0.399 e. The first-order chi connectivity index (χ1) is 8.24. The van der Waals surface area contributed by atoms with E-state index in [4.69, 9.17) is 5.73 Å². The topological polar surface area (TPSA) is 56.7 Å². The van der Waals surface area contributed by atoms with Crippen molar-refractivity contribution in [2.75, 3.05) is 5.73 Å². The maximum absolute atomic E-state index is 5.76. The third-order valence-corrected chi connectivity index (χ3v) is 3.52. The van der Waals surface area contributed by atoms with Crippen LogP contribution in [0.2, 0.25) is 0 Å². The quantitative estimate of drug-likeness (QED) is 0.704. The lowest BCUT2D eigenvalue weighted by Crippen LogP contribution is -2.00. The molecule has 3 aromatic rings. The van der Waals surface area contributed by atoms with Gasteiger partial charge >= 0.3 is 0 Å². The molecule has 1 aromatic carbocycles. The zero-order chi connectivity index (χ0) is 11.8. The van der Waals surface area contributed by atoms with Crippen LogP contribution in [0.1, 0.15) is 10.7 Å². The number of thiazole rings is 1. The minimum Gasteiger partial charge on any atom is -0.399 e. The molecule has 4 nitrogen and oxygen atoms in total. The Balaban J connectivity index is 2.12. The number of aryl methyl sites for hydroxylation is 1. The molecule has 3 rings (SSSR count). The molecule has 2 aromatic heterocycles. The summed E-state index contributed by atoms with van der Waals surface area (Å²) in [7, 11) is 0. The Morgan fingerprint density at radius 2 is 2.29 bits per heavy atom. The second-order valence-corrected chi connectivity index (χ2v) is 4.93. The highest BCUT2D eigenvalue weighted by Crippen LogP contribution is 2.20. The van der Waals surface area contributed by atoms with Crippen molar-refractivity contribution >= 4 is 28.1 Å². The number of hydrogen-bond donors (Lipinski definition) is 1. The summed E-state index contributed by atoms with van der Waals surface area (Å²) in [6.07, 6.45) is 1.90. The fraction of sp³-hybridized carbons (Fsp3) is 0.167. The SMILES string of the molecule is Cc1nc2cc(N)ccc2n1Cc1cncs1. The van der Waals surface area contributed by atoms with Crippen LogP contribution >= 0.6 is 11.3 Å². The maximum Gasteiger partial charge on any atom is 0.107 e. The first-order valence-corrected chi connectivity index (χ1v) is 6.22. The first-order valence-electron chi connectivity index (χ1n) is 5.34. The monoisotopic (exact) mass is 244 g/mol. The Labute approximate surface area is 103 Å². The van der Waals surface area contributed by atoms with E-state index in [1.165, 1.54) is 4.88 Å². The molecule has 0 radical (unpaired) electrons. The lowest BCUT2D eigenvalue weighted by Gasteiger charge is -2.04. The fourth-order valence-electron chi connectivity index (χ4n) is 1.94. The van der Waals surface area contributed by atoms with E-state index in [2.05, 4.69) is 14.5 Å². The van der Waals surface area contributed by atoms with Gasteiger partial charge in [0.15, 0.2) is 0 Å². The molecule has 0 saturated heterocycles. The van der Waals surface area contributed by atoms with Gasteiger partial charge in [0, 0.05) is 16.8 Å². The zero-order valence-electron chi connectivity index (χ0n) is 9.42. The zero-order valence-corrected chi connectivity index (χ0v) is 10.2. The van der Waals surface area contributed by atoms with E-state index in [9.17, 15) is 0 Å². The molecule has 0 saturated carbocycles. The summed E-state index contributed by atoms with van der Waals surface area (Å²) in [6.45, 7) is 2.83. The molecule has 0 fully saturated rings. The molecule has 86 valence electrons. The van der Waals surface area contributed by atoms with Crippen molar-refractivity contribution in [1.29, 1.82) is 0 Å². The van der Waals surface area contributed by atoms with Crippen molar-refractivity contribution < 1.29 is 0 Å². The number of nitrogens with two attached hydrogens (primary N) is 1. The number of imidazole rings is 1. The van der Waals surface area contributed by atoms with Crippen molar-refractivity contribution in [3.8, 4) is 0 Å². The van der Waals surface area contributed by atoms with Crippen molar-refractivity contribution in [3.63, 3.8) is 0 Å². The van der Waals surface area contributed by atoms with Gasteiger partial charge in [0.1, 0.15) is 5.82 Å². The van der Waals surface area contributed by atoms with Gasteiger partial charge in [0.2, 0.25) is 0 Å². The summed E-state index contributed by atoms with van der Waals surface area (Å²) in [5.41, 5.74) is 10.4. The minimum atomic E-state index is 0.750. The minimum absolute atomic E-state index is 0.750. The molecule has 0 aliphatic rings. The maximum atomic E-state index is 5.76. The first kappa shape index (κ1) is 10.3. The van der Waals surface area contributed by atoms with Crippen LogP contribution in [0.15, 0.2) is 29.9 Å². The van der Waals surface area contributed by atoms with E-state index in [1.54, 1.807) is 11.3 Å². The average Bonchev–Trinajstić information content (AvgIpc) is 2.88. The Kier molecular flexibility index (Phi) is 2.33. The van der Waals surface area contributed by atoms with Crippen LogP contribution in [-0.4, -0.2) is 14.5 Å². The van der Waals surface area contributed by atoms with Crippen LogP contribution in [0.3, 0.4) is 0 Å². The predicted molar refractivity (Wildman–Crippen MR) is 70.1 cm³/mol. The van der Waals surface area contributed by atoms with Gasteiger partial charge in [0.05, 0.1) is 23.1 Å². The second-order valence-electron chi connectivity index (χ2n) is 3.96. The van der Waals surface area contributed by atoms with Gasteiger partial charge in [-0.15, -0.1) is 11.3 Å². The number of aromatic nitrogens is 3. The Morgan fingerprint density at radius 3 is 3.06 bits per heavy atom. The average molecular weight is 244 g/mol. The summed E-state index contributed by atoms with van der Waals surface area (Å²) in [5.74, 6) is 0.999. The highest BCUT2D eigenvalue weighted by Gasteiger charge is 2.08. The van der Waals surface area contributed by atoms with E-state index in [0.717, 1.165) is 29.1 Å². The van der Waals surface area contributed by atoms with Gasteiger partial charge in [-0.1, -0.05) is 0 Å². The van der Waals surface area contributed by atoms with E-state index < -0.39 is 0 Å². The van der Waals surface area contributed by atoms with Crippen LogP contribution in [0, 0.1) is 6.92 Å². The molecule has 0 aliphatic heterocycles. The van der Waals surface area contributed by atoms with E-state index in [1.807, 2.05) is 36.8 Å². The molecule has 0 amide bonds. The number of nitrogens with zero attached hydrogens (tertiary/aromatic N) is 3. The molecular formula is C12H12N4S. The van der Waals surface area contributed by atoms with Crippen LogP contribution in [0.5, 0.6) is 0 Å². The van der Waals surface area contributed by atoms with Crippen molar-refractivity contribution in [1.82, 2.24) is 14.5 Å². The Bertz CT molecular complexity index is 655. The van der Waals surface area contributed by atoms with Crippen LogP contribution in [0.25, 0.3) is 11.0 Å². The number of rotatable bonds is 2. The van der Waals surface area contributed by atoms with Crippen molar-refractivity contribution in [2.45, 2.75) is 13.5 Å². The lowest BCUT2D eigenvalue weighted by atomic mass is 10.3. The normalized spacial score (nSPS) is 11.1. The summed E-state index contributed by atoms with van der Waals surface area (Å²) < 4.78 is 2.18. The van der Waals surface area contributed by atoms with Gasteiger partial charge in [-0.2, -0.15) is 0 Å². The highest BCUT2D eigenvalue weighted by atomic mass is 32.1. The van der Waals surface area contributed by atoms with Gasteiger partial charge < -0.3 is 10.3 Å². The van der Waals surface area contributed by atoms with Crippen LogP contribution in [0.4, 0.5) is 5.69 Å². The number of hydrogen-bond acceptors (Lipinski definition) is 4. The predicted octanol–water partition coefficient (Wildman–Crippen LogP) is 2.43. The lowest BCUT2D eigenvalue weighted by molar-refractivity contribution is 0.795. The fourth-order valence-corrected chi connectivity index (χ4v) is 2.53. The van der Waals surface area contributed by atoms with E-state index in [0.29, 0.717) is 0 Å². The summed E-state index contributed by atoms with van der Waals surface area (Å²) in [4.78, 5) is 9.84. The molecule has 0 bridgehead atoms. The number of anilines is 1. The second kappa shape index (κ2) is 3.85. The van der Waals surface area contributed by atoms with Crippen molar-refractivity contribution in [3.05, 3.63) is 40.6 Å². The Hall–Kier alpha value is -1.88. The summed E-state index contributed by atoms with van der Waals surface area (Å²) in [5, 5.41) is 0. The van der Waals surface area contributed by atoms with Crippen LogP contribution in [-0.2, 0) is 6.54 Å². The molecule has 2 N–H and O–H groups in total. The van der Waals surface area contributed by atoms with E-state index >= 15 is 0 Å². The molecule has 0 atom stereocenters. The number of benzene rings is 1. The van der Waals surface area contributed by atoms with Gasteiger partial charge in [-0.25, -0.2) is 4.98 Å². The molecule has 0 aliphatic carbocycles. The molecule has 0 spiro atoms. The Morgan fingerprint density at radius 1 is 1.41 bits per heavy atom. The summed E-state index contributed by atoms with van der Waals surface area (Å²) >= 11 is 1.66. The van der Waals surface area contributed by atoms with Crippen LogP contribution < -0.4 is 5.73 Å². The highest BCUT2D eigenvalue weighted by molar-refractivity contribution is 7.09. The molecular weight excluding hydrogens is 232 g/mol. The summed E-state index contributed by atoms with van der Waals surface area (Å²) in [6, 6.07) is 5.84. The smallest absolute Gasteiger partial charge is 0.107 e. The van der Waals surface area contributed by atoms with Gasteiger partial charge in [-0.3, -0.25) is 4.98 Å². The third kappa shape index (κ3) is 1.78. The third-order valence-electron chi connectivity index (χ3n) is 2.76. The number of fused-ring (bicyclic) bond motifs is 1. The van der Waals surface area contributed by atoms with Gasteiger partial charge in [-0.05, 0) is 25.1 Å². The standard InChI is InChI=1S/C12H12N4S/c1-8-15-11-4-9(13)2-3-12(11)16(8)6-10-5-14-7-17-10/h2-5,7H,6,13H2,1H3. The molecule has 17 heavy (non-hydrogen) atoms. The number of nitrogen functional groups attached to an aromatic ring is 1. The molecule has 5 heteroatoms. The molecule has 0 unspecified atom stereocenters. The van der Waals surface area contributed by atoms with Crippen molar-refractivity contribution in [2.24, 2.45) is 0 Å². The molecule has 2 heterocycles.